The predicted molar refractivity (Wildman–Crippen MR) is 125 cm³/mol. The van der Waals surface area contributed by atoms with Crippen LogP contribution in [0.4, 0.5) is 0 Å². The van der Waals surface area contributed by atoms with Crippen LogP contribution in [0.15, 0.2) is 36.4 Å². The first-order valence-electron chi connectivity index (χ1n) is 11.7. The average molecular weight is 391 g/mol. The van der Waals surface area contributed by atoms with Crippen molar-refractivity contribution in [2.75, 3.05) is 6.61 Å². The molecule has 0 N–H and O–H groups in total. The zero-order chi connectivity index (χ0) is 20.6. The van der Waals surface area contributed by atoms with Gasteiger partial charge in [0.1, 0.15) is 5.75 Å². The Balaban J connectivity index is 1.66. The number of benzene rings is 1. The second-order valence-electron chi connectivity index (χ2n) is 8.18. The number of unbranched alkanes of at least 4 members (excludes halogenated alkanes) is 4. The number of hydrogen-bond donors (Lipinski definition) is 0. The SMILES string of the molecule is CCCCCCCOc1ccc(C#C/C=C/C#C[C@H]2CC[C@H](CCC)CC2)cc1. The van der Waals surface area contributed by atoms with E-state index in [0.717, 1.165) is 30.3 Å². The molecule has 0 aliphatic heterocycles. The minimum absolute atomic E-state index is 0.583. The number of allylic oxidation sites excluding steroid dienone is 2. The van der Waals surface area contributed by atoms with Gasteiger partial charge in [-0.15, -0.1) is 0 Å². The lowest BCUT2D eigenvalue weighted by molar-refractivity contribution is 0.300. The van der Waals surface area contributed by atoms with Gasteiger partial charge in [-0.2, -0.15) is 0 Å². The largest absolute Gasteiger partial charge is 0.494 e. The smallest absolute Gasteiger partial charge is 0.119 e. The van der Waals surface area contributed by atoms with Crippen LogP contribution < -0.4 is 4.74 Å². The molecule has 0 amide bonds. The molecule has 1 aliphatic rings. The molecular weight excluding hydrogens is 352 g/mol. The van der Waals surface area contributed by atoms with Crippen LogP contribution in [0.5, 0.6) is 5.75 Å². The second-order valence-corrected chi connectivity index (χ2v) is 8.18. The van der Waals surface area contributed by atoms with E-state index in [9.17, 15) is 0 Å². The van der Waals surface area contributed by atoms with Crippen molar-refractivity contribution in [3.63, 3.8) is 0 Å². The maximum absolute atomic E-state index is 5.80. The van der Waals surface area contributed by atoms with E-state index in [0.29, 0.717) is 5.92 Å². The molecule has 0 atom stereocenters. The van der Waals surface area contributed by atoms with Crippen molar-refractivity contribution in [2.45, 2.75) is 84.5 Å². The number of hydrogen-bond acceptors (Lipinski definition) is 1. The molecule has 0 spiro atoms. The van der Waals surface area contributed by atoms with Crippen LogP contribution in [0.3, 0.4) is 0 Å². The van der Waals surface area contributed by atoms with Crippen molar-refractivity contribution in [3.8, 4) is 29.4 Å². The van der Waals surface area contributed by atoms with Gasteiger partial charge in [-0.1, -0.05) is 76.1 Å². The summed E-state index contributed by atoms with van der Waals surface area (Å²) in [7, 11) is 0. The highest BCUT2D eigenvalue weighted by molar-refractivity contribution is 5.40. The monoisotopic (exact) mass is 390 g/mol. The maximum atomic E-state index is 5.80. The van der Waals surface area contributed by atoms with E-state index >= 15 is 0 Å². The van der Waals surface area contributed by atoms with Gasteiger partial charge in [-0.05, 0) is 74.4 Å². The molecule has 1 aromatic carbocycles. The Morgan fingerprint density at radius 1 is 0.862 bits per heavy atom. The van der Waals surface area contributed by atoms with Gasteiger partial charge in [0.15, 0.2) is 0 Å². The Morgan fingerprint density at radius 3 is 2.31 bits per heavy atom. The van der Waals surface area contributed by atoms with E-state index in [1.54, 1.807) is 0 Å². The van der Waals surface area contributed by atoms with Crippen molar-refractivity contribution in [2.24, 2.45) is 11.8 Å². The molecular formula is C28H38O. The fraction of sp³-hybridized carbons (Fsp3) is 0.571. The molecule has 0 heterocycles. The quantitative estimate of drug-likeness (QED) is 0.312. The van der Waals surface area contributed by atoms with Crippen LogP contribution in [0, 0.1) is 35.5 Å². The third kappa shape index (κ3) is 10.3. The van der Waals surface area contributed by atoms with E-state index in [2.05, 4.69) is 37.5 Å². The van der Waals surface area contributed by atoms with Gasteiger partial charge >= 0.3 is 0 Å². The van der Waals surface area contributed by atoms with E-state index in [1.165, 1.54) is 64.2 Å². The third-order valence-corrected chi connectivity index (χ3v) is 5.67. The van der Waals surface area contributed by atoms with Crippen molar-refractivity contribution in [1.29, 1.82) is 0 Å². The summed E-state index contributed by atoms with van der Waals surface area (Å²) in [6.45, 7) is 5.33. The molecule has 29 heavy (non-hydrogen) atoms. The fourth-order valence-corrected chi connectivity index (χ4v) is 3.91. The van der Waals surface area contributed by atoms with Crippen LogP contribution in [0.2, 0.25) is 0 Å². The molecule has 0 aromatic heterocycles. The predicted octanol–water partition coefficient (Wildman–Crippen LogP) is 7.55. The van der Waals surface area contributed by atoms with Crippen LogP contribution in [0.1, 0.15) is 90.0 Å². The Labute approximate surface area is 179 Å². The molecule has 2 rings (SSSR count). The maximum Gasteiger partial charge on any atom is 0.119 e. The number of rotatable bonds is 9. The molecule has 0 unspecified atom stereocenters. The molecule has 156 valence electrons. The molecule has 1 nitrogen and oxygen atoms in total. The Morgan fingerprint density at radius 2 is 1.59 bits per heavy atom. The highest BCUT2D eigenvalue weighted by Gasteiger charge is 2.18. The first kappa shape index (κ1) is 23.2. The minimum Gasteiger partial charge on any atom is -0.494 e. The van der Waals surface area contributed by atoms with Crippen molar-refractivity contribution >= 4 is 0 Å². The first-order chi connectivity index (χ1) is 14.3. The van der Waals surface area contributed by atoms with Gasteiger partial charge in [0.25, 0.3) is 0 Å². The summed E-state index contributed by atoms with van der Waals surface area (Å²) in [6, 6.07) is 8.06. The molecule has 0 saturated heterocycles. The highest BCUT2D eigenvalue weighted by atomic mass is 16.5. The molecule has 0 bridgehead atoms. The zero-order valence-electron chi connectivity index (χ0n) is 18.5. The molecule has 1 aliphatic carbocycles. The lowest BCUT2D eigenvalue weighted by Gasteiger charge is -2.25. The summed E-state index contributed by atoms with van der Waals surface area (Å²) >= 11 is 0. The molecule has 1 saturated carbocycles. The fourth-order valence-electron chi connectivity index (χ4n) is 3.91. The lowest BCUT2D eigenvalue weighted by Crippen LogP contribution is -2.12. The minimum atomic E-state index is 0.583. The van der Waals surface area contributed by atoms with Crippen LogP contribution >= 0.6 is 0 Å². The molecule has 0 radical (unpaired) electrons. The molecule has 1 heteroatoms. The summed E-state index contributed by atoms with van der Waals surface area (Å²) in [6.07, 6.45) is 18.0. The third-order valence-electron chi connectivity index (χ3n) is 5.67. The normalized spacial score (nSPS) is 18.6. The van der Waals surface area contributed by atoms with E-state index in [4.69, 9.17) is 4.74 Å². The summed E-state index contributed by atoms with van der Waals surface area (Å²) in [4.78, 5) is 0. The van der Waals surface area contributed by atoms with Gasteiger partial charge in [0.2, 0.25) is 0 Å². The average Bonchev–Trinajstić information content (AvgIpc) is 2.75. The Kier molecular flexibility index (Phi) is 11.8. The van der Waals surface area contributed by atoms with Crippen LogP contribution in [-0.2, 0) is 0 Å². The van der Waals surface area contributed by atoms with E-state index in [1.807, 2.05) is 36.4 Å². The Hall–Kier alpha value is -2.12. The standard InChI is InChI=1S/C28H38O/c1-3-5-6-9-12-24-29-28-22-20-27(21-23-28)15-11-8-7-10-14-26-18-16-25(13-4-2)17-19-26/h7-8,20-23,25-26H,3-6,9,12-13,16-19,24H2,1-2H3/b8-7+/t25-,26-. The van der Waals surface area contributed by atoms with Gasteiger partial charge in [0.05, 0.1) is 6.61 Å². The topological polar surface area (TPSA) is 9.23 Å². The highest BCUT2D eigenvalue weighted by Crippen LogP contribution is 2.30. The van der Waals surface area contributed by atoms with E-state index < -0.39 is 0 Å². The molecule has 1 aromatic rings. The van der Waals surface area contributed by atoms with E-state index in [-0.39, 0.29) is 0 Å². The van der Waals surface area contributed by atoms with Gasteiger partial charge in [-0.25, -0.2) is 0 Å². The second kappa shape index (κ2) is 14.8. The van der Waals surface area contributed by atoms with Crippen LogP contribution in [-0.4, -0.2) is 6.61 Å². The first-order valence-corrected chi connectivity index (χ1v) is 11.7. The van der Waals surface area contributed by atoms with Crippen LogP contribution in [0.25, 0.3) is 0 Å². The van der Waals surface area contributed by atoms with Gasteiger partial charge < -0.3 is 4.74 Å². The summed E-state index contributed by atoms with van der Waals surface area (Å²) in [5.74, 6) is 15.3. The van der Waals surface area contributed by atoms with Gasteiger partial charge in [0, 0.05) is 11.5 Å². The van der Waals surface area contributed by atoms with Crippen molar-refractivity contribution in [3.05, 3.63) is 42.0 Å². The Bertz CT molecular complexity index is 697. The van der Waals surface area contributed by atoms with Crippen molar-refractivity contribution in [1.82, 2.24) is 0 Å². The zero-order valence-corrected chi connectivity index (χ0v) is 18.5. The summed E-state index contributed by atoms with van der Waals surface area (Å²) in [5, 5.41) is 0. The van der Waals surface area contributed by atoms with Crippen molar-refractivity contribution < 1.29 is 4.74 Å². The van der Waals surface area contributed by atoms with Gasteiger partial charge in [-0.3, -0.25) is 0 Å². The number of ether oxygens (including phenoxy) is 1. The molecule has 1 fully saturated rings. The summed E-state index contributed by atoms with van der Waals surface area (Å²) < 4.78 is 5.80. The summed E-state index contributed by atoms with van der Waals surface area (Å²) in [5.41, 5.74) is 1.01. The lowest BCUT2D eigenvalue weighted by atomic mass is 9.80.